The van der Waals surface area contributed by atoms with E-state index in [2.05, 4.69) is 19.2 Å². The van der Waals surface area contributed by atoms with Crippen LogP contribution in [0.1, 0.15) is 52.9 Å². The van der Waals surface area contributed by atoms with Crippen LogP contribution in [0.2, 0.25) is 0 Å². The minimum absolute atomic E-state index is 0.0237. The van der Waals surface area contributed by atoms with Gasteiger partial charge in [-0.15, -0.1) is 0 Å². The fourth-order valence-electron chi connectivity index (χ4n) is 3.01. The molecule has 1 saturated heterocycles. The molecular formula is C15H26N2O2. The van der Waals surface area contributed by atoms with Crippen LogP contribution in [0.25, 0.3) is 0 Å². The zero-order valence-electron chi connectivity index (χ0n) is 12.3. The molecule has 2 amide bonds. The maximum absolute atomic E-state index is 12.6. The van der Waals surface area contributed by atoms with Crippen molar-refractivity contribution in [2.24, 2.45) is 11.8 Å². The second kappa shape index (κ2) is 5.93. The summed E-state index contributed by atoms with van der Waals surface area (Å²) < 4.78 is 0. The molecule has 0 aromatic rings. The Bertz CT molecular complexity index is 352. The first-order valence-corrected chi connectivity index (χ1v) is 7.62. The van der Waals surface area contributed by atoms with E-state index in [1.54, 1.807) is 0 Å². The van der Waals surface area contributed by atoms with Crippen LogP contribution in [0.3, 0.4) is 0 Å². The first kappa shape index (κ1) is 14.4. The molecule has 3 atom stereocenters. The van der Waals surface area contributed by atoms with Crippen molar-refractivity contribution in [1.29, 1.82) is 0 Å². The molecule has 1 N–H and O–H groups in total. The van der Waals surface area contributed by atoms with Crippen molar-refractivity contribution in [3.05, 3.63) is 0 Å². The Labute approximate surface area is 115 Å². The van der Waals surface area contributed by atoms with E-state index in [0.29, 0.717) is 18.3 Å². The smallest absolute Gasteiger partial charge is 0.245 e. The average molecular weight is 266 g/mol. The fourth-order valence-corrected chi connectivity index (χ4v) is 3.01. The Morgan fingerprint density at radius 1 is 1.37 bits per heavy atom. The molecule has 1 aliphatic heterocycles. The van der Waals surface area contributed by atoms with Crippen LogP contribution in [0, 0.1) is 11.8 Å². The summed E-state index contributed by atoms with van der Waals surface area (Å²) in [5.74, 6) is 1.06. The van der Waals surface area contributed by atoms with Crippen molar-refractivity contribution in [2.75, 3.05) is 6.54 Å². The molecule has 1 heterocycles. The van der Waals surface area contributed by atoms with Gasteiger partial charge in [0, 0.05) is 19.0 Å². The second-order valence-corrected chi connectivity index (χ2v) is 6.32. The maximum atomic E-state index is 12.6. The number of nitrogens with one attached hydrogen (secondary N) is 1. The van der Waals surface area contributed by atoms with Gasteiger partial charge in [-0.25, -0.2) is 0 Å². The third-order valence-electron chi connectivity index (χ3n) is 4.26. The Morgan fingerprint density at radius 2 is 2.05 bits per heavy atom. The number of rotatable bonds is 5. The van der Waals surface area contributed by atoms with Crippen LogP contribution in [0.5, 0.6) is 0 Å². The normalized spacial score (nSPS) is 29.9. The largest absolute Gasteiger partial charge is 0.344 e. The SMILES string of the molecule is CCCC(C)CN1C(=O)C(C2CC2)NC(=O)CC1C. The van der Waals surface area contributed by atoms with E-state index in [1.165, 1.54) is 0 Å². The number of hydrogen-bond acceptors (Lipinski definition) is 2. The van der Waals surface area contributed by atoms with Gasteiger partial charge in [-0.2, -0.15) is 0 Å². The van der Waals surface area contributed by atoms with Crippen molar-refractivity contribution in [3.8, 4) is 0 Å². The van der Waals surface area contributed by atoms with Crippen molar-refractivity contribution in [2.45, 2.75) is 65.0 Å². The molecule has 0 spiro atoms. The average Bonchev–Trinajstić information content (AvgIpc) is 3.16. The van der Waals surface area contributed by atoms with Gasteiger partial charge in [-0.1, -0.05) is 20.3 Å². The summed E-state index contributed by atoms with van der Waals surface area (Å²) >= 11 is 0. The highest BCUT2D eigenvalue weighted by Crippen LogP contribution is 2.35. The third-order valence-corrected chi connectivity index (χ3v) is 4.26. The van der Waals surface area contributed by atoms with Crippen molar-refractivity contribution >= 4 is 11.8 Å². The van der Waals surface area contributed by atoms with Crippen LogP contribution in [-0.2, 0) is 9.59 Å². The first-order chi connectivity index (χ1) is 9.02. The van der Waals surface area contributed by atoms with E-state index in [-0.39, 0.29) is 23.9 Å². The lowest BCUT2D eigenvalue weighted by atomic mass is 10.0. The molecule has 2 rings (SSSR count). The highest BCUT2D eigenvalue weighted by atomic mass is 16.2. The molecule has 4 heteroatoms. The lowest BCUT2D eigenvalue weighted by Crippen LogP contribution is -2.48. The summed E-state index contributed by atoms with van der Waals surface area (Å²) in [5.41, 5.74) is 0. The highest BCUT2D eigenvalue weighted by molar-refractivity contribution is 5.91. The van der Waals surface area contributed by atoms with Gasteiger partial charge in [0.25, 0.3) is 0 Å². The van der Waals surface area contributed by atoms with Crippen LogP contribution >= 0.6 is 0 Å². The standard InChI is InChI=1S/C15H26N2O2/c1-4-5-10(2)9-17-11(3)8-13(18)16-14(15(17)19)12-6-7-12/h10-12,14H,4-9H2,1-3H3,(H,16,18). The predicted octanol–water partition coefficient (Wildman–Crippen LogP) is 1.94. The molecule has 2 aliphatic rings. The molecule has 0 radical (unpaired) electrons. The minimum atomic E-state index is -0.258. The maximum Gasteiger partial charge on any atom is 0.245 e. The van der Waals surface area contributed by atoms with Gasteiger partial charge in [0.1, 0.15) is 6.04 Å². The Kier molecular flexibility index (Phi) is 4.48. The van der Waals surface area contributed by atoms with Crippen LogP contribution in [-0.4, -0.2) is 35.3 Å². The second-order valence-electron chi connectivity index (χ2n) is 6.32. The number of hydrogen-bond donors (Lipinski definition) is 1. The summed E-state index contributed by atoms with van der Waals surface area (Å²) in [6, 6.07) is -0.234. The zero-order valence-corrected chi connectivity index (χ0v) is 12.3. The van der Waals surface area contributed by atoms with E-state index >= 15 is 0 Å². The zero-order chi connectivity index (χ0) is 14.0. The summed E-state index contributed by atoms with van der Waals surface area (Å²) in [6.45, 7) is 7.13. The number of nitrogens with zero attached hydrogens (tertiary/aromatic N) is 1. The van der Waals surface area contributed by atoms with E-state index < -0.39 is 0 Å². The molecule has 0 aromatic carbocycles. The van der Waals surface area contributed by atoms with Gasteiger partial charge >= 0.3 is 0 Å². The molecule has 0 bridgehead atoms. The van der Waals surface area contributed by atoms with Crippen molar-refractivity contribution in [3.63, 3.8) is 0 Å². The molecule has 19 heavy (non-hydrogen) atoms. The molecule has 1 saturated carbocycles. The van der Waals surface area contributed by atoms with E-state index in [1.807, 2.05) is 11.8 Å². The molecular weight excluding hydrogens is 240 g/mol. The molecule has 3 unspecified atom stereocenters. The number of carbonyl (C=O) groups excluding carboxylic acids is 2. The van der Waals surface area contributed by atoms with Gasteiger partial charge in [-0.3, -0.25) is 9.59 Å². The van der Waals surface area contributed by atoms with Gasteiger partial charge in [0.05, 0.1) is 0 Å². The fraction of sp³-hybridized carbons (Fsp3) is 0.867. The van der Waals surface area contributed by atoms with Gasteiger partial charge in [0.2, 0.25) is 11.8 Å². The Balaban J connectivity index is 2.08. The van der Waals surface area contributed by atoms with Crippen LogP contribution in [0.4, 0.5) is 0 Å². The Morgan fingerprint density at radius 3 is 2.63 bits per heavy atom. The minimum Gasteiger partial charge on any atom is -0.344 e. The molecule has 2 fully saturated rings. The van der Waals surface area contributed by atoms with Crippen molar-refractivity contribution in [1.82, 2.24) is 10.2 Å². The number of carbonyl (C=O) groups is 2. The summed E-state index contributed by atoms with van der Waals surface area (Å²) in [7, 11) is 0. The Hall–Kier alpha value is -1.06. The van der Waals surface area contributed by atoms with Crippen LogP contribution in [0.15, 0.2) is 0 Å². The topological polar surface area (TPSA) is 49.4 Å². The quantitative estimate of drug-likeness (QED) is 0.826. The lowest BCUT2D eigenvalue weighted by molar-refractivity contribution is -0.136. The van der Waals surface area contributed by atoms with Gasteiger partial charge in [-0.05, 0) is 38.0 Å². The first-order valence-electron chi connectivity index (χ1n) is 7.62. The third kappa shape index (κ3) is 3.48. The highest BCUT2D eigenvalue weighted by Gasteiger charge is 2.42. The molecule has 4 nitrogen and oxygen atoms in total. The lowest BCUT2D eigenvalue weighted by Gasteiger charge is -2.31. The van der Waals surface area contributed by atoms with E-state index in [0.717, 1.165) is 32.2 Å². The predicted molar refractivity (Wildman–Crippen MR) is 74.5 cm³/mol. The molecule has 108 valence electrons. The summed E-state index contributed by atoms with van der Waals surface area (Å²) in [5, 5.41) is 2.93. The molecule has 1 aliphatic carbocycles. The van der Waals surface area contributed by atoms with E-state index in [9.17, 15) is 9.59 Å². The monoisotopic (exact) mass is 266 g/mol. The molecule has 0 aromatic heterocycles. The van der Waals surface area contributed by atoms with E-state index in [4.69, 9.17) is 0 Å². The van der Waals surface area contributed by atoms with Gasteiger partial charge < -0.3 is 10.2 Å². The summed E-state index contributed by atoms with van der Waals surface area (Å²) in [4.78, 5) is 26.4. The van der Waals surface area contributed by atoms with Gasteiger partial charge in [0.15, 0.2) is 0 Å². The van der Waals surface area contributed by atoms with Crippen molar-refractivity contribution < 1.29 is 9.59 Å². The summed E-state index contributed by atoms with van der Waals surface area (Å²) in [6.07, 6.45) is 4.85. The number of amides is 2. The van der Waals surface area contributed by atoms with Crippen LogP contribution < -0.4 is 5.32 Å².